The van der Waals surface area contributed by atoms with Gasteiger partial charge in [-0.1, -0.05) is 0 Å². The first-order valence-electron chi connectivity index (χ1n) is 9.39. The van der Waals surface area contributed by atoms with Gasteiger partial charge < -0.3 is 15.0 Å². The Morgan fingerprint density at radius 3 is 2.48 bits per heavy atom. The maximum Gasteiger partial charge on any atom is 0.267 e. The van der Waals surface area contributed by atoms with E-state index in [1.807, 2.05) is 0 Å². The summed E-state index contributed by atoms with van der Waals surface area (Å²) >= 11 is 0. The van der Waals surface area contributed by atoms with Gasteiger partial charge in [0.05, 0.1) is 5.69 Å². The lowest BCUT2D eigenvalue weighted by molar-refractivity contribution is -0.125. The molecule has 2 unspecified atom stereocenters. The molecule has 0 saturated carbocycles. The normalized spacial score (nSPS) is 16.8. The molecule has 0 bridgehead atoms. The van der Waals surface area contributed by atoms with E-state index in [1.54, 1.807) is 6.92 Å². The first-order chi connectivity index (χ1) is 14.5. The second-order valence-electron chi connectivity index (χ2n) is 7.21. The monoisotopic (exact) mass is 448 g/mol. The van der Waals surface area contributed by atoms with Gasteiger partial charge in [0.15, 0.2) is 21.7 Å². The van der Waals surface area contributed by atoms with Crippen molar-refractivity contribution in [3.05, 3.63) is 53.8 Å². The van der Waals surface area contributed by atoms with Gasteiger partial charge >= 0.3 is 0 Å². The first-order valence-corrected chi connectivity index (χ1v) is 11.1. The Labute approximate surface area is 178 Å². The fourth-order valence-electron chi connectivity index (χ4n) is 3.10. The van der Waals surface area contributed by atoms with Crippen molar-refractivity contribution in [3.63, 3.8) is 0 Å². The fraction of sp³-hybridized carbons (Fsp3) is 0.286. The van der Waals surface area contributed by atoms with Gasteiger partial charge in [-0.05, 0) is 56.3 Å². The molecule has 164 valence electrons. The van der Waals surface area contributed by atoms with Crippen molar-refractivity contribution in [1.29, 1.82) is 0 Å². The second kappa shape index (κ2) is 8.46. The number of carbonyl (C=O) groups is 3. The van der Waals surface area contributed by atoms with Crippen LogP contribution in [0.4, 0.5) is 15.8 Å². The van der Waals surface area contributed by atoms with Crippen LogP contribution in [0.2, 0.25) is 0 Å². The third-order valence-electron chi connectivity index (χ3n) is 4.96. The minimum Gasteiger partial charge on any atom is -0.479 e. The average molecular weight is 448 g/mol. The maximum absolute atomic E-state index is 12.9. The highest BCUT2D eigenvalue weighted by Crippen LogP contribution is 2.34. The summed E-state index contributed by atoms with van der Waals surface area (Å²) in [5.41, 5.74) is 0.663. The Morgan fingerprint density at radius 2 is 1.84 bits per heavy atom. The molecule has 2 aromatic rings. The fourth-order valence-corrected chi connectivity index (χ4v) is 4.25. The molecule has 31 heavy (non-hydrogen) atoms. The van der Waals surface area contributed by atoms with Crippen LogP contribution >= 0.6 is 0 Å². The van der Waals surface area contributed by atoms with Gasteiger partial charge in [0.25, 0.3) is 5.91 Å². The lowest BCUT2D eigenvalue weighted by atomic mass is 10.1. The van der Waals surface area contributed by atoms with Crippen molar-refractivity contribution < 1.29 is 31.9 Å². The number of nitrogens with zero attached hydrogens (tertiary/aromatic N) is 1. The molecule has 0 saturated heterocycles. The second-order valence-corrected chi connectivity index (χ2v) is 9.53. The van der Waals surface area contributed by atoms with Crippen LogP contribution < -0.4 is 15.0 Å². The zero-order chi connectivity index (χ0) is 22.9. The number of fused-ring (bicyclic) bond motifs is 1. The molecule has 2 amide bonds. The minimum absolute atomic E-state index is 0.0755. The van der Waals surface area contributed by atoms with E-state index in [0.29, 0.717) is 11.4 Å². The van der Waals surface area contributed by atoms with Gasteiger partial charge in [0.1, 0.15) is 22.6 Å². The molecule has 0 aliphatic carbocycles. The number of benzene rings is 2. The van der Waals surface area contributed by atoms with Crippen LogP contribution in [-0.2, 0) is 19.4 Å². The first kappa shape index (κ1) is 22.4. The number of sulfone groups is 1. The van der Waals surface area contributed by atoms with Crippen molar-refractivity contribution in [2.75, 3.05) is 23.0 Å². The van der Waals surface area contributed by atoms with Gasteiger partial charge in [-0.15, -0.1) is 0 Å². The average Bonchev–Trinajstić information content (AvgIpc) is 2.72. The van der Waals surface area contributed by atoms with Crippen LogP contribution in [0.5, 0.6) is 5.75 Å². The number of ether oxygens (including phenoxy) is 1. The third-order valence-corrected chi connectivity index (χ3v) is 6.91. The zero-order valence-corrected chi connectivity index (χ0v) is 17.9. The van der Waals surface area contributed by atoms with Crippen molar-refractivity contribution in [1.82, 2.24) is 0 Å². The molecule has 0 fully saturated rings. The van der Waals surface area contributed by atoms with Crippen LogP contribution in [-0.4, -0.2) is 50.2 Å². The molecule has 1 heterocycles. The number of halogens is 1. The summed E-state index contributed by atoms with van der Waals surface area (Å²) in [6, 6.07) is 9.15. The Bertz CT molecular complexity index is 1150. The van der Waals surface area contributed by atoms with Crippen LogP contribution in [0.15, 0.2) is 42.5 Å². The predicted octanol–water partition coefficient (Wildman–Crippen LogP) is 2.19. The van der Waals surface area contributed by atoms with Crippen molar-refractivity contribution in [2.45, 2.75) is 25.2 Å². The number of carbonyl (C=O) groups excluding carboxylic acids is 3. The number of nitrogens with one attached hydrogen (secondary N) is 1. The largest absolute Gasteiger partial charge is 0.479 e. The topological polar surface area (TPSA) is 110 Å². The molecule has 2 aromatic carbocycles. The highest BCUT2D eigenvalue weighted by Gasteiger charge is 2.33. The van der Waals surface area contributed by atoms with Gasteiger partial charge in [0.2, 0.25) is 5.91 Å². The van der Waals surface area contributed by atoms with E-state index in [2.05, 4.69) is 5.32 Å². The zero-order valence-electron chi connectivity index (χ0n) is 17.1. The molecule has 2 atom stereocenters. The number of anilines is 2. The van der Waals surface area contributed by atoms with E-state index in [1.165, 1.54) is 49.2 Å². The number of ketones is 1. The maximum atomic E-state index is 12.9. The van der Waals surface area contributed by atoms with E-state index in [4.69, 9.17) is 4.74 Å². The number of amides is 2. The SMILES string of the molecule is CC1Oc2ccc(C(=O)C(C)S(=O)(=O)CC(=O)Nc3ccc(F)cc3)cc2N(C)C1=O. The summed E-state index contributed by atoms with van der Waals surface area (Å²) in [4.78, 5) is 38.4. The predicted molar refractivity (Wildman–Crippen MR) is 113 cm³/mol. The highest BCUT2D eigenvalue weighted by atomic mass is 32.2. The number of Topliss-reactive ketones (excluding diaryl/α,β-unsaturated/α-hetero) is 1. The molecule has 0 radical (unpaired) electrons. The molecular formula is C21H21FN2O6S. The van der Waals surface area contributed by atoms with E-state index >= 15 is 0 Å². The summed E-state index contributed by atoms with van der Waals surface area (Å²) < 4.78 is 43.7. The highest BCUT2D eigenvalue weighted by molar-refractivity contribution is 7.93. The number of hydrogen-bond donors (Lipinski definition) is 1. The summed E-state index contributed by atoms with van der Waals surface area (Å²) in [5, 5.41) is 0.866. The Kier molecular flexibility index (Phi) is 6.12. The molecule has 1 aliphatic heterocycles. The van der Waals surface area contributed by atoms with Crippen LogP contribution in [0.3, 0.4) is 0 Å². The third kappa shape index (κ3) is 4.74. The molecule has 3 rings (SSSR count). The standard InChI is InChI=1S/C21H21FN2O6S/c1-12-21(27)24(3)17-10-14(4-9-18(17)30-12)20(26)13(2)31(28,29)11-19(25)23-16-7-5-15(22)6-8-16/h4-10,12-13H,11H2,1-3H3,(H,23,25). The quantitative estimate of drug-likeness (QED) is 0.679. The van der Waals surface area contributed by atoms with Gasteiger partial charge in [-0.3, -0.25) is 14.4 Å². The number of hydrogen-bond acceptors (Lipinski definition) is 6. The molecule has 1 N–H and O–H groups in total. The lowest BCUT2D eigenvalue weighted by Crippen LogP contribution is -2.42. The van der Waals surface area contributed by atoms with Gasteiger partial charge in [0, 0.05) is 18.3 Å². The van der Waals surface area contributed by atoms with E-state index in [-0.39, 0.29) is 17.2 Å². The number of rotatable bonds is 6. The van der Waals surface area contributed by atoms with Crippen molar-refractivity contribution >= 4 is 38.8 Å². The molecule has 0 spiro atoms. The molecule has 1 aliphatic rings. The summed E-state index contributed by atoms with van der Waals surface area (Å²) in [6.45, 7) is 2.81. The summed E-state index contributed by atoms with van der Waals surface area (Å²) in [5.74, 6) is -2.86. The summed E-state index contributed by atoms with van der Waals surface area (Å²) in [7, 11) is -2.60. The van der Waals surface area contributed by atoms with Crippen LogP contribution in [0.1, 0.15) is 24.2 Å². The molecular weight excluding hydrogens is 427 g/mol. The van der Waals surface area contributed by atoms with E-state index in [9.17, 15) is 27.2 Å². The van der Waals surface area contributed by atoms with Gasteiger partial charge in [-0.25, -0.2) is 12.8 Å². The Hall–Kier alpha value is -3.27. The molecule has 8 nitrogen and oxygen atoms in total. The van der Waals surface area contributed by atoms with E-state index < -0.39 is 44.5 Å². The Morgan fingerprint density at radius 1 is 1.19 bits per heavy atom. The van der Waals surface area contributed by atoms with Crippen molar-refractivity contribution in [3.8, 4) is 5.75 Å². The van der Waals surface area contributed by atoms with Crippen LogP contribution in [0.25, 0.3) is 0 Å². The van der Waals surface area contributed by atoms with E-state index in [0.717, 1.165) is 12.1 Å². The number of likely N-dealkylation sites (N-methyl/N-ethyl adjacent to an activating group) is 1. The lowest BCUT2D eigenvalue weighted by Gasteiger charge is -2.30. The minimum atomic E-state index is -4.14. The molecule has 0 aromatic heterocycles. The van der Waals surface area contributed by atoms with Crippen LogP contribution in [0, 0.1) is 5.82 Å². The van der Waals surface area contributed by atoms with Crippen molar-refractivity contribution in [2.24, 2.45) is 0 Å². The van der Waals surface area contributed by atoms with Gasteiger partial charge in [-0.2, -0.15) is 0 Å². The molecule has 10 heteroatoms. The smallest absolute Gasteiger partial charge is 0.267 e. The Balaban J connectivity index is 1.75. The summed E-state index contributed by atoms with van der Waals surface area (Å²) in [6.07, 6.45) is -0.669.